The largest absolute Gasteiger partial charge is 0.390 e. The van der Waals surface area contributed by atoms with Crippen molar-refractivity contribution in [1.29, 1.82) is 0 Å². The summed E-state index contributed by atoms with van der Waals surface area (Å²) < 4.78 is 37.2. The SMILES string of the molecule is CNC(Cc1nc(-c2ccccc2)cs1)CC(F)(F)F. The molecule has 2 aromatic rings. The lowest BCUT2D eigenvalue weighted by molar-refractivity contribution is -0.139. The van der Waals surface area contributed by atoms with E-state index in [1.807, 2.05) is 35.7 Å². The number of halogens is 3. The highest BCUT2D eigenvalue weighted by molar-refractivity contribution is 7.09. The number of aromatic nitrogens is 1. The Morgan fingerprint density at radius 2 is 1.95 bits per heavy atom. The van der Waals surface area contributed by atoms with Crippen molar-refractivity contribution in [2.45, 2.75) is 25.1 Å². The lowest BCUT2D eigenvalue weighted by atomic mass is 10.1. The van der Waals surface area contributed by atoms with E-state index in [9.17, 15) is 13.2 Å². The molecule has 0 fully saturated rings. The first-order valence-corrected chi connectivity index (χ1v) is 7.10. The summed E-state index contributed by atoms with van der Waals surface area (Å²) in [5.74, 6) is 0. The van der Waals surface area contributed by atoms with Gasteiger partial charge in [0.15, 0.2) is 0 Å². The number of nitrogens with one attached hydrogen (secondary N) is 1. The molecule has 0 aliphatic heterocycles. The van der Waals surface area contributed by atoms with Gasteiger partial charge in [-0.1, -0.05) is 30.3 Å². The maximum atomic E-state index is 12.4. The first-order valence-electron chi connectivity index (χ1n) is 6.22. The van der Waals surface area contributed by atoms with Crippen LogP contribution in [0.3, 0.4) is 0 Å². The van der Waals surface area contributed by atoms with Crippen molar-refractivity contribution in [2.24, 2.45) is 0 Å². The van der Waals surface area contributed by atoms with Gasteiger partial charge in [-0.15, -0.1) is 11.3 Å². The molecular weight excluding hydrogens is 285 g/mol. The number of likely N-dealkylation sites (N-methyl/N-ethyl adjacent to an activating group) is 1. The van der Waals surface area contributed by atoms with Crippen LogP contribution in [-0.2, 0) is 6.42 Å². The molecule has 0 spiro atoms. The van der Waals surface area contributed by atoms with Gasteiger partial charge >= 0.3 is 6.18 Å². The Bertz CT molecular complexity index is 537. The third kappa shape index (κ3) is 4.31. The number of thiazole rings is 1. The first-order chi connectivity index (χ1) is 9.48. The van der Waals surface area contributed by atoms with Crippen LogP contribution in [0.15, 0.2) is 35.7 Å². The molecule has 0 amide bonds. The second-order valence-corrected chi connectivity index (χ2v) is 5.44. The van der Waals surface area contributed by atoms with E-state index in [1.54, 1.807) is 7.05 Å². The van der Waals surface area contributed by atoms with Crippen LogP contribution in [0, 0.1) is 0 Å². The van der Waals surface area contributed by atoms with Crippen LogP contribution in [-0.4, -0.2) is 24.2 Å². The molecule has 2 rings (SSSR count). The fourth-order valence-corrected chi connectivity index (χ4v) is 2.80. The average molecular weight is 300 g/mol. The summed E-state index contributed by atoms with van der Waals surface area (Å²) in [4.78, 5) is 4.41. The van der Waals surface area contributed by atoms with Crippen molar-refractivity contribution in [3.05, 3.63) is 40.7 Å². The van der Waals surface area contributed by atoms with Gasteiger partial charge in [-0.25, -0.2) is 4.98 Å². The Morgan fingerprint density at radius 1 is 1.25 bits per heavy atom. The number of alkyl halides is 3. The molecule has 0 radical (unpaired) electrons. The summed E-state index contributed by atoms with van der Waals surface area (Å²) >= 11 is 1.40. The summed E-state index contributed by atoms with van der Waals surface area (Å²) in [6.45, 7) is 0. The van der Waals surface area contributed by atoms with Crippen LogP contribution < -0.4 is 5.32 Å². The maximum Gasteiger partial charge on any atom is 0.390 e. The monoisotopic (exact) mass is 300 g/mol. The summed E-state index contributed by atoms with van der Waals surface area (Å²) in [7, 11) is 1.54. The summed E-state index contributed by atoms with van der Waals surface area (Å²) in [6.07, 6.45) is -4.72. The third-order valence-electron chi connectivity index (χ3n) is 2.93. The molecule has 6 heteroatoms. The molecule has 0 saturated heterocycles. The van der Waals surface area contributed by atoms with Crippen molar-refractivity contribution >= 4 is 11.3 Å². The molecule has 0 bridgehead atoms. The third-order valence-corrected chi connectivity index (χ3v) is 3.80. The van der Waals surface area contributed by atoms with Crippen LogP contribution >= 0.6 is 11.3 Å². The van der Waals surface area contributed by atoms with Gasteiger partial charge in [0.05, 0.1) is 17.1 Å². The van der Waals surface area contributed by atoms with Gasteiger partial charge in [0.25, 0.3) is 0 Å². The topological polar surface area (TPSA) is 24.9 Å². The minimum Gasteiger partial charge on any atom is -0.316 e. The normalized spacial score (nSPS) is 13.4. The molecule has 1 atom stereocenters. The van der Waals surface area contributed by atoms with E-state index in [1.165, 1.54) is 11.3 Å². The van der Waals surface area contributed by atoms with E-state index in [0.717, 1.165) is 11.3 Å². The van der Waals surface area contributed by atoms with E-state index >= 15 is 0 Å². The van der Waals surface area contributed by atoms with Crippen molar-refractivity contribution in [2.75, 3.05) is 7.05 Å². The lowest BCUT2D eigenvalue weighted by Gasteiger charge is -2.16. The summed E-state index contributed by atoms with van der Waals surface area (Å²) in [5, 5.41) is 5.30. The van der Waals surface area contributed by atoms with Gasteiger partial charge < -0.3 is 5.32 Å². The van der Waals surface area contributed by atoms with E-state index in [-0.39, 0.29) is 6.42 Å². The molecule has 0 aliphatic rings. The molecule has 1 aromatic carbocycles. The summed E-state index contributed by atoms with van der Waals surface area (Å²) in [6, 6.07) is 8.97. The van der Waals surface area contributed by atoms with Gasteiger partial charge in [0.1, 0.15) is 0 Å². The minimum atomic E-state index is -4.16. The van der Waals surface area contributed by atoms with Crippen molar-refractivity contribution in [1.82, 2.24) is 10.3 Å². The fourth-order valence-electron chi connectivity index (χ4n) is 1.91. The van der Waals surface area contributed by atoms with Gasteiger partial charge in [0, 0.05) is 23.4 Å². The highest BCUT2D eigenvalue weighted by Crippen LogP contribution is 2.26. The fraction of sp³-hybridized carbons (Fsp3) is 0.357. The smallest absolute Gasteiger partial charge is 0.316 e. The Kier molecular flexibility index (Phi) is 4.77. The van der Waals surface area contributed by atoms with E-state index in [2.05, 4.69) is 10.3 Å². The van der Waals surface area contributed by atoms with Crippen LogP contribution in [0.2, 0.25) is 0 Å². The van der Waals surface area contributed by atoms with E-state index in [0.29, 0.717) is 5.01 Å². The zero-order valence-corrected chi connectivity index (χ0v) is 11.8. The predicted molar refractivity (Wildman–Crippen MR) is 74.8 cm³/mol. The van der Waals surface area contributed by atoms with Crippen LogP contribution in [0.5, 0.6) is 0 Å². The zero-order chi connectivity index (χ0) is 14.6. The molecule has 1 N–H and O–H groups in total. The molecule has 1 aromatic heterocycles. The van der Waals surface area contributed by atoms with Crippen molar-refractivity contribution in [3.8, 4) is 11.3 Å². The molecular formula is C14H15F3N2S. The predicted octanol–water partition coefficient (Wildman–Crippen LogP) is 3.89. The Labute approximate surface area is 119 Å². The minimum absolute atomic E-state index is 0.285. The highest BCUT2D eigenvalue weighted by atomic mass is 32.1. The Balaban J connectivity index is 2.05. The van der Waals surface area contributed by atoms with Gasteiger partial charge in [-0.2, -0.15) is 13.2 Å². The maximum absolute atomic E-state index is 12.4. The van der Waals surface area contributed by atoms with Crippen LogP contribution in [0.25, 0.3) is 11.3 Å². The second kappa shape index (κ2) is 6.37. The van der Waals surface area contributed by atoms with Crippen LogP contribution in [0.4, 0.5) is 13.2 Å². The van der Waals surface area contributed by atoms with Gasteiger partial charge in [-0.05, 0) is 7.05 Å². The van der Waals surface area contributed by atoms with Gasteiger partial charge in [0.2, 0.25) is 0 Å². The van der Waals surface area contributed by atoms with Gasteiger partial charge in [-0.3, -0.25) is 0 Å². The molecule has 0 aliphatic carbocycles. The highest BCUT2D eigenvalue weighted by Gasteiger charge is 2.31. The van der Waals surface area contributed by atoms with Crippen LogP contribution in [0.1, 0.15) is 11.4 Å². The molecule has 108 valence electrons. The molecule has 20 heavy (non-hydrogen) atoms. The molecule has 2 nitrogen and oxygen atoms in total. The Hall–Kier alpha value is -1.40. The standard InChI is InChI=1S/C14H15F3N2S/c1-18-11(8-14(15,16)17)7-13-19-12(9-20-13)10-5-3-2-4-6-10/h2-6,9,11,18H,7-8H2,1H3. The first kappa shape index (κ1) is 15.0. The number of rotatable bonds is 5. The second-order valence-electron chi connectivity index (χ2n) is 4.50. The number of hydrogen-bond acceptors (Lipinski definition) is 3. The van der Waals surface area contributed by atoms with E-state index < -0.39 is 18.6 Å². The zero-order valence-electron chi connectivity index (χ0n) is 10.9. The average Bonchev–Trinajstić information content (AvgIpc) is 2.86. The lowest BCUT2D eigenvalue weighted by Crippen LogP contribution is -2.32. The quantitative estimate of drug-likeness (QED) is 0.906. The number of hydrogen-bond donors (Lipinski definition) is 1. The van der Waals surface area contributed by atoms with E-state index in [4.69, 9.17) is 0 Å². The number of benzene rings is 1. The molecule has 1 heterocycles. The number of nitrogens with zero attached hydrogens (tertiary/aromatic N) is 1. The van der Waals surface area contributed by atoms with Crippen molar-refractivity contribution in [3.63, 3.8) is 0 Å². The molecule has 1 unspecified atom stereocenters. The Morgan fingerprint density at radius 3 is 2.55 bits per heavy atom. The van der Waals surface area contributed by atoms with Crippen molar-refractivity contribution < 1.29 is 13.2 Å². The summed E-state index contributed by atoms with van der Waals surface area (Å²) in [5.41, 5.74) is 1.79. The molecule has 0 saturated carbocycles.